The molecule has 1 atom stereocenters. The minimum Gasteiger partial charge on any atom is -0.508 e. The van der Waals surface area contributed by atoms with Crippen LogP contribution in [0, 0.1) is 5.92 Å². The number of unbranched alkanes of at least 4 members (excludes halogenated alkanes) is 1. The van der Waals surface area contributed by atoms with Crippen molar-refractivity contribution in [3.05, 3.63) is 23.8 Å². The van der Waals surface area contributed by atoms with Crippen LogP contribution in [0.5, 0.6) is 11.5 Å². The molecule has 0 aliphatic heterocycles. The molecule has 1 N–H and O–H groups in total. The minimum absolute atomic E-state index is 0.153. The second kappa shape index (κ2) is 9.71. The first-order valence-electron chi connectivity index (χ1n) is 9.38. The number of phenols is 1. The second-order valence-corrected chi connectivity index (χ2v) is 7.35. The molecule has 0 amide bonds. The fraction of sp³-hybridized carbons (Fsp3) is 0.667. The Morgan fingerprint density at radius 2 is 1.92 bits per heavy atom. The highest BCUT2D eigenvalue weighted by Gasteiger charge is 2.23. The van der Waals surface area contributed by atoms with Crippen molar-refractivity contribution in [3.8, 4) is 11.5 Å². The number of carbonyl (C=O) groups excluding carboxylic acids is 1. The first kappa shape index (κ1) is 20.5. The number of phenolic OH excluding ortho intramolecular Hbond substituents is 1. The lowest BCUT2D eigenvalue weighted by Crippen LogP contribution is -2.16. The zero-order valence-electron chi connectivity index (χ0n) is 16.0. The summed E-state index contributed by atoms with van der Waals surface area (Å²) in [6.45, 7) is 10.6. The maximum Gasteiger partial charge on any atom is 0.311 e. The minimum atomic E-state index is -0.184. The van der Waals surface area contributed by atoms with Gasteiger partial charge in [-0.2, -0.15) is 0 Å². The fourth-order valence-corrected chi connectivity index (χ4v) is 2.86. The molecule has 0 aliphatic carbocycles. The van der Waals surface area contributed by atoms with E-state index < -0.39 is 0 Å². The van der Waals surface area contributed by atoms with Gasteiger partial charge in [0.1, 0.15) is 11.5 Å². The summed E-state index contributed by atoms with van der Waals surface area (Å²) >= 11 is 0. The van der Waals surface area contributed by atoms with E-state index in [1.807, 2.05) is 0 Å². The van der Waals surface area contributed by atoms with E-state index in [4.69, 9.17) is 4.74 Å². The summed E-state index contributed by atoms with van der Waals surface area (Å²) < 4.78 is 5.50. The zero-order chi connectivity index (χ0) is 18.2. The molecule has 136 valence electrons. The SMILES string of the molecule is CCCCC(CC)CCC(=O)Oc1ccc(O)c(C(C)(C)CC)c1. The van der Waals surface area contributed by atoms with Crippen molar-refractivity contribution in [2.75, 3.05) is 0 Å². The average Bonchev–Trinajstić information content (AvgIpc) is 2.56. The lowest BCUT2D eigenvalue weighted by Gasteiger charge is -2.24. The largest absolute Gasteiger partial charge is 0.508 e. The number of rotatable bonds is 10. The molecule has 0 fully saturated rings. The predicted molar refractivity (Wildman–Crippen MR) is 99.6 cm³/mol. The van der Waals surface area contributed by atoms with E-state index >= 15 is 0 Å². The van der Waals surface area contributed by atoms with Gasteiger partial charge < -0.3 is 9.84 Å². The Morgan fingerprint density at radius 3 is 2.50 bits per heavy atom. The number of hydrogen-bond donors (Lipinski definition) is 1. The highest BCUT2D eigenvalue weighted by Crippen LogP contribution is 2.36. The van der Waals surface area contributed by atoms with Crippen LogP contribution in [-0.4, -0.2) is 11.1 Å². The van der Waals surface area contributed by atoms with Crippen LogP contribution in [0.25, 0.3) is 0 Å². The van der Waals surface area contributed by atoms with Crippen molar-refractivity contribution >= 4 is 5.97 Å². The molecule has 0 spiro atoms. The van der Waals surface area contributed by atoms with E-state index in [0.29, 0.717) is 18.1 Å². The van der Waals surface area contributed by atoms with Crippen molar-refractivity contribution in [3.63, 3.8) is 0 Å². The summed E-state index contributed by atoms with van der Waals surface area (Å²) in [6, 6.07) is 5.08. The quantitative estimate of drug-likeness (QED) is 0.423. The molecule has 0 aliphatic rings. The third kappa shape index (κ3) is 6.18. The molecule has 1 rings (SSSR count). The Kier molecular flexibility index (Phi) is 8.30. The fourth-order valence-electron chi connectivity index (χ4n) is 2.86. The molecular formula is C21H34O3. The van der Waals surface area contributed by atoms with Gasteiger partial charge in [-0.15, -0.1) is 0 Å². The van der Waals surface area contributed by atoms with Gasteiger partial charge >= 0.3 is 5.97 Å². The van der Waals surface area contributed by atoms with Crippen LogP contribution in [0.2, 0.25) is 0 Å². The maximum absolute atomic E-state index is 12.1. The summed E-state index contributed by atoms with van der Waals surface area (Å²) in [4.78, 5) is 12.1. The molecule has 24 heavy (non-hydrogen) atoms. The Bertz CT molecular complexity index is 520. The van der Waals surface area contributed by atoms with Gasteiger partial charge in [0.25, 0.3) is 0 Å². The van der Waals surface area contributed by atoms with Gasteiger partial charge in [-0.05, 0) is 42.4 Å². The molecule has 1 aromatic carbocycles. The number of aromatic hydroxyl groups is 1. The molecular weight excluding hydrogens is 300 g/mol. The molecule has 0 bridgehead atoms. The van der Waals surface area contributed by atoms with E-state index in [-0.39, 0.29) is 17.1 Å². The number of ether oxygens (including phenoxy) is 1. The molecule has 1 unspecified atom stereocenters. The molecule has 3 nitrogen and oxygen atoms in total. The first-order valence-corrected chi connectivity index (χ1v) is 9.38. The van der Waals surface area contributed by atoms with Gasteiger partial charge in [0.15, 0.2) is 0 Å². The molecule has 0 saturated heterocycles. The van der Waals surface area contributed by atoms with E-state index in [1.165, 1.54) is 19.3 Å². The molecule has 3 heteroatoms. The van der Waals surface area contributed by atoms with Crippen LogP contribution in [0.15, 0.2) is 18.2 Å². The smallest absolute Gasteiger partial charge is 0.311 e. The predicted octanol–water partition coefficient (Wildman–Crippen LogP) is 5.98. The van der Waals surface area contributed by atoms with Crippen LogP contribution in [0.4, 0.5) is 0 Å². The molecule has 0 heterocycles. The summed E-state index contributed by atoms with van der Waals surface area (Å²) in [7, 11) is 0. The highest BCUT2D eigenvalue weighted by molar-refractivity contribution is 5.72. The Balaban J connectivity index is 2.66. The first-order chi connectivity index (χ1) is 11.3. The van der Waals surface area contributed by atoms with E-state index in [2.05, 4.69) is 34.6 Å². The van der Waals surface area contributed by atoms with Crippen molar-refractivity contribution in [2.24, 2.45) is 5.92 Å². The van der Waals surface area contributed by atoms with E-state index in [1.54, 1.807) is 18.2 Å². The van der Waals surface area contributed by atoms with Crippen molar-refractivity contribution in [1.82, 2.24) is 0 Å². The molecule has 0 aromatic heterocycles. The summed E-state index contributed by atoms with van der Waals surface area (Å²) in [6.07, 6.45) is 6.96. The Morgan fingerprint density at radius 1 is 1.21 bits per heavy atom. The number of benzene rings is 1. The number of hydrogen-bond acceptors (Lipinski definition) is 3. The van der Waals surface area contributed by atoms with Crippen LogP contribution >= 0.6 is 0 Å². The zero-order valence-corrected chi connectivity index (χ0v) is 16.0. The number of carbonyl (C=O) groups is 1. The van der Waals surface area contributed by atoms with Gasteiger partial charge in [-0.3, -0.25) is 4.79 Å². The van der Waals surface area contributed by atoms with Crippen molar-refractivity contribution in [2.45, 2.75) is 85.0 Å². The normalized spacial score (nSPS) is 12.9. The van der Waals surface area contributed by atoms with E-state index in [9.17, 15) is 9.90 Å². The average molecular weight is 335 g/mol. The Labute approximate surface area is 147 Å². The maximum atomic E-state index is 12.1. The van der Waals surface area contributed by atoms with Gasteiger partial charge in [-0.25, -0.2) is 0 Å². The van der Waals surface area contributed by atoms with Gasteiger partial charge in [-0.1, -0.05) is 60.3 Å². The van der Waals surface area contributed by atoms with Crippen molar-refractivity contribution in [1.29, 1.82) is 0 Å². The van der Waals surface area contributed by atoms with Gasteiger partial charge in [0.05, 0.1) is 0 Å². The molecule has 0 saturated carbocycles. The lowest BCUT2D eigenvalue weighted by atomic mass is 9.81. The van der Waals surface area contributed by atoms with Crippen LogP contribution in [0.1, 0.15) is 85.1 Å². The lowest BCUT2D eigenvalue weighted by molar-refractivity contribution is -0.134. The highest BCUT2D eigenvalue weighted by atomic mass is 16.5. The second-order valence-electron chi connectivity index (χ2n) is 7.35. The summed E-state index contributed by atoms with van der Waals surface area (Å²) in [5, 5.41) is 10.1. The van der Waals surface area contributed by atoms with Crippen LogP contribution < -0.4 is 4.74 Å². The van der Waals surface area contributed by atoms with Crippen molar-refractivity contribution < 1.29 is 14.6 Å². The molecule has 1 aromatic rings. The summed E-state index contributed by atoms with van der Waals surface area (Å²) in [5.74, 6) is 1.20. The topological polar surface area (TPSA) is 46.5 Å². The third-order valence-corrected chi connectivity index (χ3v) is 5.11. The number of esters is 1. The van der Waals surface area contributed by atoms with Crippen LogP contribution in [0.3, 0.4) is 0 Å². The van der Waals surface area contributed by atoms with E-state index in [0.717, 1.165) is 24.8 Å². The standard InChI is InChI=1S/C21H34O3/c1-6-9-10-16(7-2)11-14-20(23)24-17-12-13-19(22)18(15-17)21(4,5)8-3/h12-13,15-16,22H,6-11,14H2,1-5H3. The summed E-state index contributed by atoms with van der Waals surface area (Å²) in [5.41, 5.74) is 0.671. The Hall–Kier alpha value is -1.51. The molecule has 0 radical (unpaired) electrons. The monoisotopic (exact) mass is 334 g/mol. The van der Waals surface area contributed by atoms with Crippen LogP contribution in [-0.2, 0) is 10.2 Å². The van der Waals surface area contributed by atoms with Gasteiger partial charge in [0, 0.05) is 12.0 Å². The van der Waals surface area contributed by atoms with Gasteiger partial charge in [0.2, 0.25) is 0 Å². The third-order valence-electron chi connectivity index (χ3n) is 5.11.